The number of likely N-dealkylation sites (N-methyl/N-ethyl adjacent to an activating group) is 1. The Kier molecular flexibility index (Phi) is 4.94. The van der Waals surface area contributed by atoms with Crippen molar-refractivity contribution in [3.8, 4) is 0 Å². The van der Waals surface area contributed by atoms with Crippen LogP contribution in [0.5, 0.6) is 0 Å². The van der Waals surface area contributed by atoms with Gasteiger partial charge in [0.15, 0.2) is 0 Å². The highest BCUT2D eigenvalue weighted by Crippen LogP contribution is 2.26. The van der Waals surface area contributed by atoms with Gasteiger partial charge in [0.05, 0.1) is 12.0 Å². The molecule has 0 N–H and O–H groups in total. The Morgan fingerprint density at radius 3 is 2.83 bits per heavy atom. The Morgan fingerprint density at radius 2 is 2.21 bits per heavy atom. The number of aromatic nitrogens is 3. The molecule has 1 fully saturated rings. The van der Waals surface area contributed by atoms with Crippen molar-refractivity contribution in [1.29, 1.82) is 0 Å². The summed E-state index contributed by atoms with van der Waals surface area (Å²) in [4.78, 5) is 26.0. The highest BCUT2D eigenvalue weighted by Gasteiger charge is 2.33. The van der Waals surface area contributed by atoms with Crippen molar-refractivity contribution in [2.24, 2.45) is 7.05 Å². The number of hydrogen-bond donors (Lipinski definition) is 0. The van der Waals surface area contributed by atoms with E-state index in [4.69, 9.17) is 0 Å². The molecule has 0 unspecified atom stereocenters. The normalized spacial score (nSPS) is 20.1. The smallest absolute Gasteiger partial charge is 0.229 e. The number of aryl methyl sites for hydroxylation is 1. The maximum atomic E-state index is 12.9. The molecular formula is C18H25N5O. The number of amides is 1. The largest absolute Gasteiger partial charge is 0.339 e. The minimum atomic E-state index is -0.172. The van der Waals surface area contributed by atoms with Crippen LogP contribution >= 0.6 is 0 Å². The van der Waals surface area contributed by atoms with Crippen LogP contribution in [0.4, 0.5) is 0 Å². The van der Waals surface area contributed by atoms with Crippen LogP contribution in [0, 0.1) is 0 Å². The molecule has 2 aromatic rings. The van der Waals surface area contributed by atoms with E-state index in [1.807, 2.05) is 48.0 Å². The molecule has 128 valence electrons. The number of nitrogens with zero attached hydrogens (tertiary/aromatic N) is 5. The fraction of sp³-hybridized carbons (Fsp3) is 0.500. The van der Waals surface area contributed by atoms with Crippen molar-refractivity contribution in [2.45, 2.75) is 25.8 Å². The lowest BCUT2D eigenvalue weighted by Crippen LogP contribution is -2.51. The number of carbonyl (C=O) groups excluding carboxylic acids is 1. The second-order valence-electron chi connectivity index (χ2n) is 6.33. The van der Waals surface area contributed by atoms with Crippen LogP contribution < -0.4 is 0 Å². The zero-order valence-corrected chi connectivity index (χ0v) is 14.6. The molecule has 1 saturated heterocycles. The summed E-state index contributed by atoms with van der Waals surface area (Å²) in [6.07, 6.45) is 7.29. The van der Waals surface area contributed by atoms with Crippen molar-refractivity contribution < 1.29 is 4.79 Å². The van der Waals surface area contributed by atoms with Crippen LogP contribution in [0.1, 0.15) is 37.2 Å². The molecule has 0 spiro atoms. The molecule has 6 heteroatoms. The number of rotatable bonds is 4. The quantitative estimate of drug-likeness (QED) is 0.860. The summed E-state index contributed by atoms with van der Waals surface area (Å²) in [6, 6.07) is 3.99. The molecule has 24 heavy (non-hydrogen) atoms. The molecule has 2 aromatic heterocycles. The zero-order chi connectivity index (χ0) is 17.1. The average Bonchev–Trinajstić information content (AvgIpc) is 3.06. The molecule has 1 amide bonds. The summed E-state index contributed by atoms with van der Waals surface area (Å²) >= 11 is 0. The summed E-state index contributed by atoms with van der Waals surface area (Å²) in [5, 5.41) is 0. The summed E-state index contributed by atoms with van der Waals surface area (Å²) in [6.45, 7) is 7.39. The van der Waals surface area contributed by atoms with Crippen LogP contribution in [0.3, 0.4) is 0 Å². The maximum Gasteiger partial charge on any atom is 0.229 e. The number of hydrogen-bond acceptors (Lipinski definition) is 4. The minimum Gasteiger partial charge on any atom is -0.339 e. The third-order valence-corrected chi connectivity index (χ3v) is 4.92. The molecule has 0 aromatic carbocycles. The lowest BCUT2D eigenvalue weighted by molar-refractivity contribution is -0.135. The van der Waals surface area contributed by atoms with Crippen molar-refractivity contribution in [2.75, 3.05) is 26.2 Å². The number of pyridine rings is 1. The van der Waals surface area contributed by atoms with Gasteiger partial charge in [-0.25, -0.2) is 4.98 Å². The van der Waals surface area contributed by atoms with E-state index in [0.29, 0.717) is 6.54 Å². The third-order valence-electron chi connectivity index (χ3n) is 4.92. The average molecular weight is 327 g/mol. The van der Waals surface area contributed by atoms with Crippen LogP contribution in [-0.2, 0) is 11.8 Å². The first-order valence-corrected chi connectivity index (χ1v) is 8.51. The second-order valence-corrected chi connectivity index (χ2v) is 6.33. The first-order chi connectivity index (χ1) is 11.6. The molecule has 2 atom stereocenters. The van der Waals surface area contributed by atoms with Gasteiger partial charge in [-0.3, -0.25) is 14.7 Å². The van der Waals surface area contributed by atoms with Crippen molar-refractivity contribution in [3.05, 3.63) is 48.3 Å². The van der Waals surface area contributed by atoms with E-state index in [2.05, 4.69) is 21.8 Å². The SMILES string of the molecule is CCN1CCN(C(=O)[C@H](C)c2cccnc2)C[C@@H]1c1nccn1C. The molecule has 3 rings (SSSR count). The van der Waals surface area contributed by atoms with Crippen molar-refractivity contribution >= 4 is 5.91 Å². The van der Waals surface area contributed by atoms with Gasteiger partial charge in [0, 0.05) is 51.5 Å². The molecule has 0 bridgehead atoms. The van der Waals surface area contributed by atoms with E-state index in [0.717, 1.165) is 31.0 Å². The fourth-order valence-electron chi connectivity index (χ4n) is 3.39. The molecule has 0 saturated carbocycles. The van der Waals surface area contributed by atoms with Gasteiger partial charge in [-0.2, -0.15) is 0 Å². The highest BCUT2D eigenvalue weighted by atomic mass is 16.2. The van der Waals surface area contributed by atoms with E-state index in [1.165, 1.54) is 0 Å². The first-order valence-electron chi connectivity index (χ1n) is 8.51. The minimum absolute atomic E-state index is 0.147. The summed E-state index contributed by atoms with van der Waals surface area (Å²) in [7, 11) is 2.01. The van der Waals surface area contributed by atoms with Gasteiger partial charge in [0.25, 0.3) is 0 Å². The Labute approximate surface area is 143 Å². The molecule has 1 aliphatic rings. The summed E-state index contributed by atoms with van der Waals surface area (Å²) < 4.78 is 2.05. The van der Waals surface area contributed by atoms with E-state index in [1.54, 1.807) is 12.4 Å². The van der Waals surface area contributed by atoms with E-state index >= 15 is 0 Å². The van der Waals surface area contributed by atoms with E-state index in [-0.39, 0.29) is 17.9 Å². The molecule has 0 radical (unpaired) electrons. The first kappa shape index (κ1) is 16.6. The Bertz CT molecular complexity index is 684. The molecule has 6 nitrogen and oxygen atoms in total. The topological polar surface area (TPSA) is 54.3 Å². The van der Waals surface area contributed by atoms with Crippen LogP contribution in [0.15, 0.2) is 36.9 Å². The molecule has 3 heterocycles. The number of carbonyl (C=O) groups is 1. The van der Waals surface area contributed by atoms with Crippen molar-refractivity contribution in [1.82, 2.24) is 24.3 Å². The Balaban J connectivity index is 1.77. The molecular weight excluding hydrogens is 302 g/mol. The number of imidazole rings is 1. The van der Waals surface area contributed by atoms with E-state index in [9.17, 15) is 4.79 Å². The Morgan fingerprint density at radius 1 is 1.38 bits per heavy atom. The standard InChI is InChI=1S/C18H25N5O/c1-4-22-10-11-23(13-16(22)17-20-8-9-21(17)3)18(24)14(2)15-6-5-7-19-12-15/h5-9,12,14,16H,4,10-11,13H2,1-3H3/t14-,16-/m1/s1. The highest BCUT2D eigenvalue weighted by molar-refractivity contribution is 5.83. The lowest BCUT2D eigenvalue weighted by Gasteiger charge is -2.41. The predicted molar refractivity (Wildman–Crippen MR) is 92.4 cm³/mol. The Hall–Kier alpha value is -2.21. The van der Waals surface area contributed by atoms with E-state index < -0.39 is 0 Å². The summed E-state index contributed by atoms with van der Waals surface area (Å²) in [5.41, 5.74) is 0.967. The maximum absolute atomic E-state index is 12.9. The van der Waals surface area contributed by atoms with Crippen LogP contribution in [0.2, 0.25) is 0 Å². The van der Waals surface area contributed by atoms with Crippen molar-refractivity contribution in [3.63, 3.8) is 0 Å². The lowest BCUT2D eigenvalue weighted by atomic mass is 10.0. The zero-order valence-electron chi connectivity index (χ0n) is 14.6. The van der Waals surface area contributed by atoms with Crippen LogP contribution in [-0.4, -0.2) is 56.4 Å². The second kappa shape index (κ2) is 7.13. The van der Waals surface area contributed by atoms with Gasteiger partial charge in [-0.1, -0.05) is 13.0 Å². The fourth-order valence-corrected chi connectivity index (χ4v) is 3.39. The summed E-state index contributed by atoms with van der Waals surface area (Å²) in [5.74, 6) is 1.01. The van der Waals surface area contributed by atoms with Crippen LogP contribution in [0.25, 0.3) is 0 Å². The predicted octanol–water partition coefficient (Wildman–Crippen LogP) is 1.82. The van der Waals surface area contributed by atoms with Gasteiger partial charge in [0.2, 0.25) is 5.91 Å². The third kappa shape index (κ3) is 3.19. The molecule has 0 aliphatic carbocycles. The van der Waals surface area contributed by atoms with Gasteiger partial charge >= 0.3 is 0 Å². The number of piperazine rings is 1. The van der Waals surface area contributed by atoms with Gasteiger partial charge < -0.3 is 9.47 Å². The van der Waals surface area contributed by atoms with Gasteiger partial charge in [0.1, 0.15) is 5.82 Å². The monoisotopic (exact) mass is 327 g/mol. The van der Waals surface area contributed by atoms with Gasteiger partial charge in [-0.05, 0) is 25.1 Å². The van der Waals surface area contributed by atoms with Gasteiger partial charge in [-0.15, -0.1) is 0 Å². The molecule has 1 aliphatic heterocycles.